The standard InChI is InChI=1S/C13H16FNO3/c1-18-11-7-3-5-9(11)15-10-6-2-4-8(14)12(10)13(16)17/h2,4,6,9,11,15H,3,5,7H2,1H3,(H,16,17). The number of nitrogens with one attached hydrogen (secondary N) is 1. The van der Waals surface area contributed by atoms with Gasteiger partial charge in [-0.25, -0.2) is 9.18 Å². The van der Waals surface area contributed by atoms with Crippen LogP contribution in [0.2, 0.25) is 0 Å². The Morgan fingerprint density at radius 1 is 1.50 bits per heavy atom. The monoisotopic (exact) mass is 253 g/mol. The molecule has 0 saturated heterocycles. The van der Waals surface area contributed by atoms with Crippen molar-refractivity contribution in [2.45, 2.75) is 31.4 Å². The summed E-state index contributed by atoms with van der Waals surface area (Å²) in [5.41, 5.74) is 0.00991. The number of halogens is 1. The Hall–Kier alpha value is -1.62. The molecule has 1 aliphatic carbocycles. The van der Waals surface area contributed by atoms with E-state index in [0.717, 1.165) is 25.3 Å². The summed E-state index contributed by atoms with van der Waals surface area (Å²) in [5.74, 6) is -1.98. The molecule has 0 amide bonds. The summed E-state index contributed by atoms with van der Waals surface area (Å²) in [4.78, 5) is 11.1. The maximum atomic E-state index is 13.5. The lowest BCUT2D eigenvalue weighted by atomic mass is 10.1. The molecule has 2 N–H and O–H groups in total. The van der Waals surface area contributed by atoms with Crippen LogP contribution >= 0.6 is 0 Å². The average molecular weight is 253 g/mol. The van der Waals surface area contributed by atoms with Crippen LogP contribution in [0.1, 0.15) is 29.6 Å². The first-order valence-electron chi connectivity index (χ1n) is 5.94. The van der Waals surface area contributed by atoms with Gasteiger partial charge in [0.2, 0.25) is 0 Å². The fraction of sp³-hybridized carbons (Fsp3) is 0.462. The summed E-state index contributed by atoms with van der Waals surface area (Å²) >= 11 is 0. The minimum atomic E-state index is -1.26. The third-order valence-electron chi connectivity index (χ3n) is 3.32. The number of hydrogen-bond donors (Lipinski definition) is 2. The number of hydrogen-bond acceptors (Lipinski definition) is 3. The first kappa shape index (κ1) is 12.8. The fourth-order valence-corrected chi connectivity index (χ4v) is 2.43. The van der Waals surface area contributed by atoms with Crippen molar-refractivity contribution >= 4 is 11.7 Å². The number of methoxy groups -OCH3 is 1. The number of benzene rings is 1. The van der Waals surface area contributed by atoms with Crippen LogP contribution in [0.5, 0.6) is 0 Å². The first-order valence-corrected chi connectivity index (χ1v) is 5.94. The molecular formula is C13H16FNO3. The van der Waals surface area contributed by atoms with Crippen molar-refractivity contribution in [3.8, 4) is 0 Å². The molecule has 5 heteroatoms. The molecule has 1 aliphatic rings. The molecule has 98 valence electrons. The second kappa shape index (κ2) is 5.35. The van der Waals surface area contributed by atoms with Crippen molar-refractivity contribution in [2.24, 2.45) is 0 Å². The van der Waals surface area contributed by atoms with Gasteiger partial charge in [0, 0.05) is 7.11 Å². The Kier molecular flexibility index (Phi) is 3.81. The Morgan fingerprint density at radius 2 is 2.28 bits per heavy atom. The van der Waals surface area contributed by atoms with Crippen molar-refractivity contribution < 1.29 is 19.0 Å². The lowest BCUT2D eigenvalue weighted by Gasteiger charge is -2.21. The quantitative estimate of drug-likeness (QED) is 0.865. The van der Waals surface area contributed by atoms with E-state index in [4.69, 9.17) is 9.84 Å². The number of anilines is 1. The number of aromatic carboxylic acids is 1. The maximum absolute atomic E-state index is 13.5. The van der Waals surface area contributed by atoms with Gasteiger partial charge >= 0.3 is 5.97 Å². The van der Waals surface area contributed by atoms with E-state index in [9.17, 15) is 9.18 Å². The third-order valence-corrected chi connectivity index (χ3v) is 3.32. The van der Waals surface area contributed by atoms with Crippen LogP contribution in [0.3, 0.4) is 0 Å². The Bertz CT molecular complexity index is 450. The average Bonchev–Trinajstić information content (AvgIpc) is 2.76. The minimum Gasteiger partial charge on any atom is -0.478 e. The highest BCUT2D eigenvalue weighted by atomic mass is 19.1. The van der Waals surface area contributed by atoms with E-state index in [2.05, 4.69) is 5.32 Å². The van der Waals surface area contributed by atoms with E-state index in [0.29, 0.717) is 5.69 Å². The van der Waals surface area contributed by atoms with Gasteiger partial charge in [-0.3, -0.25) is 0 Å². The van der Waals surface area contributed by atoms with Crippen LogP contribution < -0.4 is 5.32 Å². The van der Waals surface area contributed by atoms with Crippen LogP contribution in [-0.2, 0) is 4.74 Å². The molecule has 18 heavy (non-hydrogen) atoms. The van der Waals surface area contributed by atoms with E-state index in [1.165, 1.54) is 6.07 Å². The molecule has 0 radical (unpaired) electrons. The summed E-state index contributed by atoms with van der Waals surface area (Å²) in [7, 11) is 1.63. The van der Waals surface area contributed by atoms with Gasteiger partial charge in [0.25, 0.3) is 0 Å². The minimum absolute atomic E-state index is 0.0369. The van der Waals surface area contributed by atoms with Gasteiger partial charge in [0.05, 0.1) is 17.8 Å². The van der Waals surface area contributed by atoms with Gasteiger partial charge in [0.1, 0.15) is 11.4 Å². The smallest absolute Gasteiger partial charge is 0.340 e. The Morgan fingerprint density at radius 3 is 2.94 bits per heavy atom. The van der Waals surface area contributed by atoms with Gasteiger partial charge in [0.15, 0.2) is 0 Å². The molecule has 0 aromatic heterocycles. The zero-order valence-corrected chi connectivity index (χ0v) is 10.1. The molecule has 1 aromatic carbocycles. The lowest BCUT2D eigenvalue weighted by Crippen LogP contribution is -2.30. The zero-order valence-electron chi connectivity index (χ0n) is 10.1. The highest BCUT2D eigenvalue weighted by molar-refractivity contribution is 5.94. The molecule has 0 aliphatic heterocycles. The number of carbonyl (C=O) groups is 1. The highest BCUT2D eigenvalue weighted by Gasteiger charge is 2.28. The summed E-state index contributed by atoms with van der Waals surface area (Å²) in [6.07, 6.45) is 2.91. The van der Waals surface area contributed by atoms with Gasteiger partial charge in [-0.2, -0.15) is 0 Å². The van der Waals surface area contributed by atoms with E-state index >= 15 is 0 Å². The SMILES string of the molecule is COC1CCCC1Nc1cccc(F)c1C(=O)O. The van der Waals surface area contributed by atoms with E-state index < -0.39 is 11.8 Å². The highest BCUT2D eigenvalue weighted by Crippen LogP contribution is 2.27. The molecule has 1 saturated carbocycles. The molecule has 0 heterocycles. The normalized spacial score (nSPS) is 23.0. The van der Waals surface area contributed by atoms with Crippen LogP contribution in [0.4, 0.5) is 10.1 Å². The van der Waals surface area contributed by atoms with E-state index in [1.807, 2.05) is 0 Å². The third kappa shape index (κ3) is 2.46. The molecule has 0 bridgehead atoms. The van der Waals surface area contributed by atoms with Gasteiger partial charge < -0.3 is 15.2 Å². The summed E-state index contributed by atoms with van der Waals surface area (Å²) < 4.78 is 18.8. The number of carboxylic acid groups (broad SMARTS) is 1. The summed E-state index contributed by atoms with van der Waals surface area (Å²) in [5, 5.41) is 12.1. The molecule has 4 nitrogen and oxygen atoms in total. The van der Waals surface area contributed by atoms with Crippen LogP contribution in [-0.4, -0.2) is 30.3 Å². The topological polar surface area (TPSA) is 58.6 Å². The predicted molar refractivity (Wildman–Crippen MR) is 65.4 cm³/mol. The second-order valence-corrected chi connectivity index (χ2v) is 4.42. The molecule has 2 rings (SSSR count). The van der Waals surface area contributed by atoms with Crippen LogP contribution in [0.25, 0.3) is 0 Å². The Labute approximate surface area is 105 Å². The van der Waals surface area contributed by atoms with E-state index in [1.54, 1.807) is 13.2 Å². The van der Waals surface area contributed by atoms with Crippen molar-refractivity contribution in [3.63, 3.8) is 0 Å². The molecule has 1 aromatic rings. The van der Waals surface area contributed by atoms with E-state index in [-0.39, 0.29) is 17.7 Å². The molecule has 2 atom stereocenters. The molecule has 0 spiro atoms. The van der Waals surface area contributed by atoms with Crippen LogP contribution in [0, 0.1) is 5.82 Å². The number of ether oxygens (including phenoxy) is 1. The van der Waals surface area contributed by atoms with Crippen molar-refractivity contribution in [2.75, 3.05) is 12.4 Å². The lowest BCUT2D eigenvalue weighted by molar-refractivity contribution is 0.0692. The predicted octanol–water partition coefficient (Wildman–Crippen LogP) is 2.50. The number of rotatable bonds is 4. The zero-order chi connectivity index (χ0) is 13.1. The Balaban J connectivity index is 2.23. The molecule has 1 fully saturated rings. The van der Waals surface area contributed by atoms with Crippen LogP contribution in [0.15, 0.2) is 18.2 Å². The molecular weight excluding hydrogens is 237 g/mol. The largest absolute Gasteiger partial charge is 0.478 e. The van der Waals surface area contributed by atoms with Crippen molar-refractivity contribution in [1.29, 1.82) is 0 Å². The summed E-state index contributed by atoms with van der Waals surface area (Å²) in [6.45, 7) is 0. The fourth-order valence-electron chi connectivity index (χ4n) is 2.43. The van der Waals surface area contributed by atoms with Crippen molar-refractivity contribution in [3.05, 3.63) is 29.6 Å². The summed E-state index contributed by atoms with van der Waals surface area (Å²) in [6, 6.07) is 4.27. The van der Waals surface area contributed by atoms with Gasteiger partial charge in [-0.05, 0) is 31.4 Å². The maximum Gasteiger partial charge on any atom is 0.340 e. The second-order valence-electron chi connectivity index (χ2n) is 4.42. The molecule has 2 unspecified atom stereocenters. The van der Waals surface area contributed by atoms with Crippen molar-refractivity contribution in [1.82, 2.24) is 0 Å². The van der Waals surface area contributed by atoms with Gasteiger partial charge in [-0.1, -0.05) is 6.07 Å². The van der Waals surface area contributed by atoms with Gasteiger partial charge in [-0.15, -0.1) is 0 Å². The number of carboxylic acids is 1. The first-order chi connectivity index (χ1) is 8.63.